The van der Waals surface area contributed by atoms with Gasteiger partial charge in [-0.05, 0) is 19.9 Å². The summed E-state index contributed by atoms with van der Waals surface area (Å²) < 4.78 is 11.1. The predicted molar refractivity (Wildman–Crippen MR) is 63.0 cm³/mol. The summed E-state index contributed by atoms with van der Waals surface area (Å²) in [7, 11) is 0. The fourth-order valence-electron chi connectivity index (χ4n) is 2.13. The zero-order valence-corrected chi connectivity index (χ0v) is 10.2. The molecule has 0 aliphatic carbocycles. The van der Waals surface area contributed by atoms with Crippen LogP contribution in [0.4, 0.5) is 5.69 Å². The Morgan fingerprint density at radius 3 is 2.67 bits per heavy atom. The van der Waals surface area contributed by atoms with Crippen molar-refractivity contribution in [2.45, 2.75) is 31.8 Å². The molecule has 1 aliphatic rings. The van der Waals surface area contributed by atoms with Gasteiger partial charge in [0.1, 0.15) is 12.2 Å². The van der Waals surface area contributed by atoms with Gasteiger partial charge in [-0.1, -0.05) is 12.1 Å². The van der Waals surface area contributed by atoms with Crippen molar-refractivity contribution in [3.05, 3.63) is 39.9 Å². The largest absolute Gasteiger partial charge is 0.394 e. The first kappa shape index (κ1) is 12.9. The normalized spacial score (nSPS) is 26.2. The maximum atomic E-state index is 11.0. The molecule has 0 aromatic heterocycles. The van der Waals surface area contributed by atoms with E-state index in [2.05, 4.69) is 0 Å². The Morgan fingerprint density at radius 2 is 2.06 bits per heavy atom. The summed E-state index contributed by atoms with van der Waals surface area (Å²) in [5, 5.41) is 20.3. The standard InChI is InChI=1S/C12H15NO5/c1-12(2)17-10(7-14)11(18-12)8-5-3-4-6-9(8)13(15)16/h3-6,10-11,14H,7H2,1-2H3. The first-order chi connectivity index (χ1) is 8.44. The number of para-hydroxylation sites is 1. The lowest BCUT2D eigenvalue weighted by molar-refractivity contribution is -0.386. The number of aliphatic hydroxyl groups excluding tert-OH is 1. The van der Waals surface area contributed by atoms with E-state index in [4.69, 9.17) is 9.47 Å². The molecule has 1 saturated heterocycles. The van der Waals surface area contributed by atoms with Crippen LogP contribution in [0.15, 0.2) is 24.3 Å². The summed E-state index contributed by atoms with van der Waals surface area (Å²) in [5.74, 6) is -0.859. The van der Waals surface area contributed by atoms with Crippen molar-refractivity contribution in [2.24, 2.45) is 0 Å². The van der Waals surface area contributed by atoms with Crippen LogP contribution in [-0.2, 0) is 9.47 Å². The van der Waals surface area contributed by atoms with Crippen LogP contribution < -0.4 is 0 Å². The van der Waals surface area contributed by atoms with Gasteiger partial charge < -0.3 is 14.6 Å². The lowest BCUT2D eigenvalue weighted by Crippen LogP contribution is -2.23. The summed E-state index contributed by atoms with van der Waals surface area (Å²) in [6, 6.07) is 6.33. The third-order valence-corrected chi connectivity index (χ3v) is 2.80. The number of rotatable bonds is 3. The van der Waals surface area contributed by atoms with Crippen LogP contribution in [0.3, 0.4) is 0 Å². The fraction of sp³-hybridized carbons (Fsp3) is 0.500. The predicted octanol–water partition coefficient (Wildman–Crippen LogP) is 1.78. The highest BCUT2D eigenvalue weighted by molar-refractivity contribution is 5.42. The summed E-state index contributed by atoms with van der Waals surface area (Å²) >= 11 is 0. The van der Waals surface area contributed by atoms with Crippen LogP contribution >= 0.6 is 0 Å². The van der Waals surface area contributed by atoms with Crippen LogP contribution in [-0.4, -0.2) is 28.5 Å². The molecule has 1 fully saturated rings. The van der Waals surface area contributed by atoms with Gasteiger partial charge in [0.2, 0.25) is 0 Å². The molecule has 6 heteroatoms. The maximum absolute atomic E-state index is 11.0. The van der Waals surface area contributed by atoms with Crippen molar-refractivity contribution in [3.63, 3.8) is 0 Å². The molecule has 0 saturated carbocycles. The highest BCUT2D eigenvalue weighted by Crippen LogP contribution is 2.40. The smallest absolute Gasteiger partial charge is 0.275 e. The first-order valence-electron chi connectivity index (χ1n) is 5.64. The third kappa shape index (κ3) is 2.35. The van der Waals surface area contributed by atoms with Crippen molar-refractivity contribution in [2.75, 3.05) is 6.61 Å². The van der Waals surface area contributed by atoms with Crippen LogP contribution in [0.5, 0.6) is 0 Å². The van der Waals surface area contributed by atoms with Crippen LogP contribution in [0.25, 0.3) is 0 Å². The molecule has 0 radical (unpaired) electrons. The number of nitro benzene ring substituents is 1. The van der Waals surface area contributed by atoms with Gasteiger partial charge in [-0.15, -0.1) is 0 Å². The zero-order chi connectivity index (χ0) is 13.3. The summed E-state index contributed by atoms with van der Waals surface area (Å²) in [6.07, 6.45) is -1.23. The van der Waals surface area contributed by atoms with Gasteiger partial charge in [0.25, 0.3) is 5.69 Å². The maximum Gasteiger partial charge on any atom is 0.275 e. The number of aliphatic hydroxyl groups is 1. The molecule has 2 unspecified atom stereocenters. The average Bonchev–Trinajstić information content (AvgIpc) is 2.64. The van der Waals surface area contributed by atoms with Gasteiger partial charge in [-0.3, -0.25) is 10.1 Å². The molecular weight excluding hydrogens is 238 g/mol. The summed E-state index contributed by atoms with van der Waals surface area (Å²) in [5.41, 5.74) is 0.398. The minimum atomic E-state index is -0.859. The Balaban J connectivity index is 2.39. The van der Waals surface area contributed by atoms with E-state index in [0.717, 1.165) is 0 Å². The van der Waals surface area contributed by atoms with Crippen LogP contribution in [0.1, 0.15) is 25.5 Å². The summed E-state index contributed by atoms with van der Waals surface area (Å²) in [6.45, 7) is 3.18. The van der Waals surface area contributed by atoms with Crippen molar-refractivity contribution >= 4 is 5.69 Å². The SMILES string of the molecule is CC1(C)OC(CO)C(c2ccccc2[N+](=O)[O-])O1. The number of benzene rings is 1. The second kappa shape index (κ2) is 4.64. The van der Waals surface area contributed by atoms with E-state index in [1.807, 2.05) is 0 Å². The number of hydrogen-bond acceptors (Lipinski definition) is 5. The highest BCUT2D eigenvalue weighted by Gasteiger charge is 2.43. The molecule has 0 bridgehead atoms. The van der Waals surface area contributed by atoms with Crippen molar-refractivity contribution < 1.29 is 19.5 Å². The lowest BCUT2D eigenvalue weighted by atomic mass is 10.0. The van der Waals surface area contributed by atoms with Crippen molar-refractivity contribution in [1.29, 1.82) is 0 Å². The molecule has 1 N–H and O–H groups in total. The summed E-state index contributed by atoms with van der Waals surface area (Å²) in [4.78, 5) is 10.5. The van der Waals surface area contributed by atoms with E-state index in [9.17, 15) is 15.2 Å². The molecule has 18 heavy (non-hydrogen) atoms. The van der Waals surface area contributed by atoms with Crippen LogP contribution in [0, 0.1) is 10.1 Å². The second-order valence-corrected chi connectivity index (χ2v) is 4.59. The van der Waals surface area contributed by atoms with Gasteiger partial charge in [0.15, 0.2) is 5.79 Å². The Kier molecular flexibility index (Phi) is 3.34. The monoisotopic (exact) mass is 253 g/mol. The molecule has 0 amide bonds. The minimum absolute atomic E-state index is 0.0257. The molecular formula is C12H15NO5. The number of hydrogen-bond donors (Lipinski definition) is 1. The van der Waals surface area contributed by atoms with Gasteiger partial charge in [0.05, 0.1) is 17.1 Å². The van der Waals surface area contributed by atoms with E-state index < -0.39 is 22.9 Å². The van der Waals surface area contributed by atoms with Gasteiger partial charge in [-0.25, -0.2) is 0 Å². The van der Waals surface area contributed by atoms with Gasteiger partial charge in [-0.2, -0.15) is 0 Å². The molecule has 1 aromatic rings. The molecule has 2 rings (SSSR count). The Labute approximate surface area is 104 Å². The molecule has 1 heterocycles. The quantitative estimate of drug-likeness (QED) is 0.655. The molecule has 1 aromatic carbocycles. The topological polar surface area (TPSA) is 81.8 Å². The van der Waals surface area contributed by atoms with E-state index in [-0.39, 0.29) is 12.3 Å². The Bertz CT molecular complexity index is 460. The van der Waals surface area contributed by atoms with E-state index >= 15 is 0 Å². The Hall–Kier alpha value is -1.50. The highest BCUT2D eigenvalue weighted by atomic mass is 16.8. The minimum Gasteiger partial charge on any atom is -0.394 e. The number of ether oxygens (including phenoxy) is 2. The molecule has 1 aliphatic heterocycles. The van der Waals surface area contributed by atoms with Gasteiger partial charge in [0, 0.05) is 6.07 Å². The lowest BCUT2D eigenvalue weighted by Gasteiger charge is -2.16. The molecule has 2 atom stereocenters. The Morgan fingerprint density at radius 1 is 1.39 bits per heavy atom. The second-order valence-electron chi connectivity index (χ2n) is 4.59. The van der Waals surface area contributed by atoms with Gasteiger partial charge >= 0.3 is 0 Å². The number of nitro groups is 1. The van der Waals surface area contributed by atoms with Crippen molar-refractivity contribution in [3.8, 4) is 0 Å². The fourth-order valence-corrected chi connectivity index (χ4v) is 2.13. The van der Waals surface area contributed by atoms with Crippen LogP contribution in [0.2, 0.25) is 0 Å². The third-order valence-electron chi connectivity index (χ3n) is 2.80. The van der Waals surface area contributed by atoms with E-state index in [1.165, 1.54) is 6.07 Å². The molecule has 6 nitrogen and oxygen atoms in total. The molecule has 0 spiro atoms. The number of nitrogens with zero attached hydrogens (tertiary/aromatic N) is 1. The molecule has 98 valence electrons. The average molecular weight is 253 g/mol. The first-order valence-corrected chi connectivity index (χ1v) is 5.64. The zero-order valence-electron chi connectivity index (χ0n) is 10.2. The van der Waals surface area contributed by atoms with Crippen molar-refractivity contribution in [1.82, 2.24) is 0 Å². The van der Waals surface area contributed by atoms with E-state index in [1.54, 1.807) is 32.0 Å². The van der Waals surface area contributed by atoms with E-state index in [0.29, 0.717) is 5.56 Å².